The van der Waals surface area contributed by atoms with Gasteiger partial charge in [0, 0.05) is 73.2 Å². The topological polar surface area (TPSA) is 66.3 Å². The Balaban J connectivity index is 1.07. The number of likely N-dealkylation sites (N-methyl/N-ethyl adjacent to an activating group) is 1. The van der Waals surface area contributed by atoms with E-state index in [4.69, 9.17) is 0 Å². The summed E-state index contributed by atoms with van der Waals surface area (Å²) < 4.78 is 2.03. The molecule has 1 aliphatic carbocycles. The number of anilines is 1. The molecular weight excluding hydrogens is 424 g/mol. The summed E-state index contributed by atoms with van der Waals surface area (Å²) in [4.78, 5) is 21.9. The maximum Gasteiger partial charge on any atom is 0.248 e. The summed E-state index contributed by atoms with van der Waals surface area (Å²) in [6.45, 7) is 3.30. The molecule has 7 nitrogen and oxygen atoms in total. The Hall–Kier alpha value is -3.29. The van der Waals surface area contributed by atoms with E-state index in [0.29, 0.717) is 18.1 Å². The van der Waals surface area contributed by atoms with Crippen LogP contribution in [-0.2, 0) is 11.3 Å². The number of amides is 1. The number of nitrogens with one attached hydrogen (secondary N) is 1. The number of aromatic nitrogens is 3. The lowest BCUT2D eigenvalue weighted by Crippen LogP contribution is -2.43. The number of rotatable bonds is 7. The molecule has 2 aromatic heterocycles. The summed E-state index contributed by atoms with van der Waals surface area (Å²) in [5, 5.41) is 7.46. The van der Waals surface area contributed by atoms with Gasteiger partial charge in [-0.2, -0.15) is 5.10 Å². The van der Waals surface area contributed by atoms with Crippen molar-refractivity contribution in [3.63, 3.8) is 0 Å². The third-order valence-corrected chi connectivity index (χ3v) is 7.33. The Morgan fingerprint density at radius 1 is 1.09 bits per heavy atom. The fraction of sp³-hybridized carbons (Fsp3) is 0.370. The van der Waals surface area contributed by atoms with Gasteiger partial charge in [-0.05, 0) is 61.7 Å². The first-order valence-corrected chi connectivity index (χ1v) is 12.1. The Labute approximate surface area is 200 Å². The van der Waals surface area contributed by atoms with Crippen molar-refractivity contribution in [1.29, 1.82) is 0 Å². The Kier molecular flexibility index (Phi) is 5.51. The molecule has 2 saturated heterocycles. The van der Waals surface area contributed by atoms with Gasteiger partial charge in [-0.25, -0.2) is 0 Å². The summed E-state index contributed by atoms with van der Waals surface area (Å²) in [5.74, 6) is -0.156. The van der Waals surface area contributed by atoms with E-state index in [1.807, 2.05) is 35.2 Å². The number of piperazine rings is 1. The number of hydrogen-bond acceptors (Lipinski definition) is 5. The number of fused-ring (bicyclic) bond motifs is 2. The molecule has 2 atom stereocenters. The van der Waals surface area contributed by atoms with Gasteiger partial charge in [-0.3, -0.25) is 19.4 Å². The molecule has 7 heteroatoms. The van der Waals surface area contributed by atoms with E-state index < -0.39 is 0 Å². The lowest BCUT2D eigenvalue weighted by atomic mass is 10.0. The zero-order chi connectivity index (χ0) is 23.1. The molecule has 2 unspecified atom stereocenters. The monoisotopic (exact) mass is 454 g/mol. The van der Waals surface area contributed by atoms with Crippen molar-refractivity contribution in [3.05, 3.63) is 72.3 Å². The van der Waals surface area contributed by atoms with Crippen molar-refractivity contribution in [2.75, 3.05) is 25.5 Å². The van der Waals surface area contributed by atoms with Gasteiger partial charge in [0.25, 0.3) is 0 Å². The quantitative estimate of drug-likeness (QED) is 0.550. The number of likely N-dealkylation sites (tertiary alicyclic amines) is 2. The standard InChI is InChI=1S/C27H30N6O/c1-31-17-25-12-24(31)18-32(25)15-19-2-5-22(6-3-19)30-27(34)9-4-20-13-28-11-10-26(20)21-14-29-33(16-21)23-7-8-23/h2-6,9-11,13-14,16,23-25H,7-8,12,15,17-18H2,1H3,(H,30,34)/b9-4+. The Morgan fingerprint density at radius 3 is 2.68 bits per heavy atom. The molecular formula is C27H30N6O. The van der Waals surface area contributed by atoms with E-state index in [2.05, 4.69) is 50.6 Å². The average Bonchev–Trinajstić information content (AvgIpc) is 3.28. The van der Waals surface area contributed by atoms with Crippen molar-refractivity contribution >= 4 is 17.7 Å². The van der Waals surface area contributed by atoms with Gasteiger partial charge in [0.15, 0.2) is 0 Å². The van der Waals surface area contributed by atoms with Crippen LogP contribution in [0.15, 0.2) is 61.2 Å². The van der Waals surface area contributed by atoms with Gasteiger partial charge < -0.3 is 10.2 Å². The number of hydrogen-bond donors (Lipinski definition) is 1. The lowest BCUT2D eigenvalue weighted by molar-refractivity contribution is -0.111. The van der Waals surface area contributed by atoms with Crippen LogP contribution in [0.5, 0.6) is 0 Å². The highest BCUT2D eigenvalue weighted by Gasteiger charge is 2.40. The minimum atomic E-state index is -0.156. The second-order valence-electron chi connectivity index (χ2n) is 9.83. The number of carbonyl (C=O) groups is 1. The average molecular weight is 455 g/mol. The normalized spacial score (nSPS) is 22.6. The number of benzene rings is 1. The third kappa shape index (κ3) is 4.41. The largest absolute Gasteiger partial charge is 0.323 e. The first-order valence-electron chi connectivity index (χ1n) is 12.1. The molecule has 0 radical (unpaired) electrons. The van der Waals surface area contributed by atoms with E-state index in [9.17, 15) is 4.79 Å². The van der Waals surface area contributed by atoms with Crippen LogP contribution in [0.1, 0.15) is 36.4 Å². The number of pyridine rings is 1. The van der Waals surface area contributed by atoms with Crippen LogP contribution in [0.3, 0.4) is 0 Å². The number of carbonyl (C=O) groups excluding carboxylic acids is 1. The van der Waals surface area contributed by atoms with Crippen LogP contribution < -0.4 is 5.32 Å². The molecule has 0 spiro atoms. The van der Waals surface area contributed by atoms with Crippen molar-refractivity contribution in [1.82, 2.24) is 24.6 Å². The lowest BCUT2D eigenvalue weighted by Gasteiger charge is -2.31. The van der Waals surface area contributed by atoms with E-state index in [1.165, 1.54) is 31.4 Å². The minimum Gasteiger partial charge on any atom is -0.323 e. The molecule has 174 valence electrons. The second kappa shape index (κ2) is 8.81. The van der Waals surface area contributed by atoms with Crippen LogP contribution in [0.2, 0.25) is 0 Å². The fourth-order valence-corrected chi connectivity index (χ4v) is 5.24. The smallest absolute Gasteiger partial charge is 0.248 e. The molecule has 1 N–H and O–H groups in total. The molecule has 1 amide bonds. The van der Waals surface area contributed by atoms with E-state index in [0.717, 1.165) is 35.5 Å². The SMILES string of the molecule is CN1CC2CC1CN2Cc1ccc(NC(=O)/C=C/c2cnccc2-c2cnn(C3CC3)c2)cc1. The first-order chi connectivity index (χ1) is 16.6. The van der Waals surface area contributed by atoms with Crippen LogP contribution in [-0.4, -0.2) is 62.7 Å². The van der Waals surface area contributed by atoms with Gasteiger partial charge in [0.05, 0.1) is 12.2 Å². The maximum absolute atomic E-state index is 12.6. The van der Waals surface area contributed by atoms with Crippen LogP contribution in [0.4, 0.5) is 5.69 Å². The minimum absolute atomic E-state index is 0.156. The van der Waals surface area contributed by atoms with Crippen molar-refractivity contribution in [2.24, 2.45) is 0 Å². The molecule has 4 heterocycles. The highest BCUT2D eigenvalue weighted by Crippen LogP contribution is 2.35. The van der Waals surface area contributed by atoms with Gasteiger partial charge in [0.2, 0.25) is 5.91 Å². The molecule has 3 aromatic rings. The summed E-state index contributed by atoms with van der Waals surface area (Å²) in [6.07, 6.45) is 14.6. The fourth-order valence-electron chi connectivity index (χ4n) is 5.24. The summed E-state index contributed by atoms with van der Waals surface area (Å²) in [7, 11) is 2.23. The molecule has 1 saturated carbocycles. The second-order valence-corrected chi connectivity index (χ2v) is 9.83. The van der Waals surface area contributed by atoms with E-state index in [1.54, 1.807) is 18.5 Å². The molecule has 34 heavy (non-hydrogen) atoms. The maximum atomic E-state index is 12.6. The molecule has 2 bridgehead atoms. The van der Waals surface area contributed by atoms with Crippen LogP contribution >= 0.6 is 0 Å². The molecule has 3 aliphatic rings. The predicted octanol–water partition coefficient (Wildman–Crippen LogP) is 3.82. The highest BCUT2D eigenvalue weighted by atomic mass is 16.1. The van der Waals surface area contributed by atoms with Gasteiger partial charge >= 0.3 is 0 Å². The van der Waals surface area contributed by atoms with Gasteiger partial charge in [-0.1, -0.05) is 12.1 Å². The van der Waals surface area contributed by atoms with Crippen molar-refractivity contribution in [3.8, 4) is 11.1 Å². The van der Waals surface area contributed by atoms with Gasteiger partial charge in [0.1, 0.15) is 0 Å². The molecule has 2 aliphatic heterocycles. The molecule has 6 rings (SSSR count). The van der Waals surface area contributed by atoms with Crippen LogP contribution in [0.25, 0.3) is 17.2 Å². The van der Waals surface area contributed by atoms with E-state index in [-0.39, 0.29) is 5.91 Å². The Morgan fingerprint density at radius 2 is 1.94 bits per heavy atom. The summed E-state index contributed by atoms with van der Waals surface area (Å²) in [6, 6.07) is 12.1. The summed E-state index contributed by atoms with van der Waals surface area (Å²) in [5.41, 5.74) is 5.06. The molecule has 1 aromatic carbocycles. The predicted molar refractivity (Wildman–Crippen MR) is 133 cm³/mol. The zero-order valence-electron chi connectivity index (χ0n) is 19.5. The van der Waals surface area contributed by atoms with Gasteiger partial charge in [-0.15, -0.1) is 0 Å². The highest BCUT2D eigenvalue weighted by molar-refractivity contribution is 6.02. The first kappa shape index (κ1) is 21.3. The van der Waals surface area contributed by atoms with Crippen LogP contribution in [0, 0.1) is 0 Å². The van der Waals surface area contributed by atoms with Crippen molar-refractivity contribution < 1.29 is 4.79 Å². The molecule has 3 fully saturated rings. The van der Waals surface area contributed by atoms with Crippen molar-refractivity contribution in [2.45, 2.75) is 43.9 Å². The summed E-state index contributed by atoms with van der Waals surface area (Å²) >= 11 is 0. The van der Waals surface area contributed by atoms with E-state index >= 15 is 0 Å². The Bertz CT molecular complexity index is 1210. The zero-order valence-corrected chi connectivity index (χ0v) is 19.5. The third-order valence-electron chi connectivity index (χ3n) is 7.33. The number of nitrogens with zero attached hydrogens (tertiary/aromatic N) is 5.